The van der Waals surface area contributed by atoms with Gasteiger partial charge in [0.25, 0.3) is 0 Å². The van der Waals surface area contributed by atoms with E-state index in [0.717, 1.165) is 31.6 Å². The summed E-state index contributed by atoms with van der Waals surface area (Å²) in [7, 11) is 0. The van der Waals surface area contributed by atoms with Gasteiger partial charge in [-0.25, -0.2) is 4.39 Å². The Morgan fingerprint density at radius 3 is 2.95 bits per heavy atom. The van der Waals surface area contributed by atoms with Crippen molar-refractivity contribution in [2.45, 2.75) is 25.7 Å². The van der Waals surface area contributed by atoms with Gasteiger partial charge in [0.2, 0.25) is 5.91 Å². The molecule has 1 saturated carbocycles. The smallest absolute Gasteiger partial charge is 0.224 e. The maximum absolute atomic E-state index is 13.3. The lowest BCUT2D eigenvalue weighted by atomic mass is 9.96. The average Bonchev–Trinajstić information content (AvgIpc) is 3.37. The molecule has 1 aromatic rings. The molecule has 1 saturated heterocycles. The van der Waals surface area contributed by atoms with Crippen LogP contribution in [0.2, 0.25) is 0 Å². The number of anilines is 1. The van der Waals surface area contributed by atoms with Gasteiger partial charge in [-0.1, -0.05) is 0 Å². The molecule has 0 aromatic heterocycles. The van der Waals surface area contributed by atoms with Crippen molar-refractivity contribution in [2.75, 3.05) is 24.5 Å². The summed E-state index contributed by atoms with van der Waals surface area (Å²) < 4.78 is 13.3. The van der Waals surface area contributed by atoms with Crippen LogP contribution in [0.25, 0.3) is 0 Å². The molecule has 1 unspecified atom stereocenters. The number of hydrogen-bond donors (Lipinski definition) is 1. The normalized spacial score (nSPS) is 21.3. The van der Waals surface area contributed by atoms with Crippen LogP contribution in [0, 0.1) is 29.0 Å². The number of amides is 1. The second-order valence-corrected chi connectivity index (χ2v) is 6.25. The number of nitriles is 1. The maximum Gasteiger partial charge on any atom is 0.224 e. The number of halogens is 1. The van der Waals surface area contributed by atoms with Crippen molar-refractivity contribution in [3.8, 4) is 6.07 Å². The van der Waals surface area contributed by atoms with Gasteiger partial charge in [-0.05, 0) is 49.8 Å². The fourth-order valence-corrected chi connectivity index (χ4v) is 2.99. The summed E-state index contributed by atoms with van der Waals surface area (Å²) in [4.78, 5) is 14.3. The number of piperidine rings is 1. The summed E-state index contributed by atoms with van der Waals surface area (Å²) in [5.74, 6) is 0.322. The van der Waals surface area contributed by atoms with Crippen molar-refractivity contribution in [2.24, 2.45) is 11.8 Å². The molecule has 1 atom stereocenters. The van der Waals surface area contributed by atoms with Crippen LogP contribution in [0.4, 0.5) is 10.1 Å². The SMILES string of the molecule is N#Cc1cc(F)ccc1N1CCCC(C(=O)NCC2CC2)C1. The predicted octanol–water partition coefficient (Wildman–Crippen LogP) is 2.44. The first-order valence-corrected chi connectivity index (χ1v) is 7.89. The van der Waals surface area contributed by atoms with E-state index >= 15 is 0 Å². The number of benzene rings is 1. The average molecular weight is 301 g/mol. The Kier molecular flexibility index (Phi) is 4.28. The molecule has 1 N–H and O–H groups in total. The molecular formula is C17H20FN3O. The van der Waals surface area contributed by atoms with Gasteiger partial charge in [0.1, 0.15) is 11.9 Å². The molecule has 2 aliphatic rings. The van der Waals surface area contributed by atoms with E-state index in [9.17, 15) is 14.4 Å². The monoisotopic (exact) mass is 301 g/mol. The van der Waals surface area contributed by atoms with Crippen LogP contribution < -0.4 is 10.2 Å². The second-order valence-electron chi connectivity index (χ2n) is 6.25. The second kappa shape index (κ2) is 6.35. The van der Waals surface area contributed by atoms with Gasteiger partial charge in [-0.3, -0.25) is 4.79 Å². The van der Waals surface area contributed by atoms with E-state index < -0.39 is 5.82 Å². The van der Waals surface area contributed by atoms with Crippen molar-refractivity contribution >= 4 is 11.6 Å². The Labute approximate surface area is 129 Å². The minimum atomic E-state index is -0.406. The Morgan fingerprint density at radius 2 is 2.23 bits per heavy atom. The van der Waals surface area contributed by atoms with E-state index in [0.29, 0.717) is 18.0 Å². The zero-order valence-electron chi connectivity index (χ0n) is 12.5. The number of rotatable bonds is 4. The summed E-state index contributed by atoms with van der Waals surface area (Å²) >= 11 is 0. The van der Waals surface area contributed by atoms with E-state index in [1.54, 1.807) is 6.07 Å². The molecule has 1 aromatic carbocycles. The van der Waals surface area contributed by atoms with Crippen LogP contribution in [0.5, 0.6) is 0 Å². The topological polar surface area (TPSA) is 56.1 Å². The highest BCUT2D eigenvalue weighted by Gasteiger charge is 2.28. The van der Waals surface area contributed by atoms with E-state index in [-0.39, 0.29) is 11.8 Å². The number of nitrogens with zero attached hydrogens (tertiary/aromatic N) is 2. The van der Waals surface area contributed by atoms with Gasteiger partial charge in [0, 0.05) is 19.6 Å². The zero-order valence-corrected chi connectivity index (χ0v) is 12.5. The van der Waals surface area contributed by atoms with Crippen LogP contribution in [-0.2, 0) is 4.79 Å². The van der Waals surface area contributed by atoms with E-state index in [2.05, 4.69) is 5.32 Å². The zero-order chi connectivity index (χ0) is 15.5. The van der Waals surface area contributed by atoms with Crippen LogP contribution in [0.3, 0.4) is 0 Å². The Hall–Kier alpha value is -2.09. The summed E-state index contributed by atoms with van der Waals surface area (Å²) in [5, 5.41) is 12.2. The molecule has 22 heavy (non-hydrogen) atoms. The van der Waals surface area contributed by atoms with Crippen molar-refractivity contribution in [3.05, 3.63) is 29.6 Å². The van der Waals surface area contributed by atoms with Crippen molar-refractivity contribution in [3.63, 3.8) is 0 Å². The molecule has 3 rings (SSSR count). The molecule has 4 nitrogen and oxygen atoms in total. The summed E-state index contributed by atoms with van der Waals surface area (Å²) in [5.41, 5.74) is 1.06. The van der Waals surface area contributed by atoms with Gasteiger partial charge >= 0.3 is 0 Å². The molecule has 5 heteroatoms. The van der Waals surface area contributed by atoms with Crippen molar-refractivity contribution < 1.29 is 9.18 Å². The maximum atomic E-state index is 13.3. The van der Waals surface area contributed by atoms with E-state index in [1.165, 1.54) is 25.0 Å². The molecular weight excluding hydrogens is 281 g/mol. The predicted molar refractivity (Wildman–Crippen MR) is 81.8 cm³/mol. The first-order chi connectivity index (χ1) is 10.7. The summed E-state index contributed by atoms with van der Waals surface area (Å²) in [6, 6.07) is 6.31. The number of carbonyl (C=O) groups is 1. The molecule has 1 aliphatic carbocycles. The van der Waals surface area contributed by atoms with Crippen LogP contribution in [-0.4, -0.2) is 25.5 Å². The van der Waals surface area contributed by atoms with Gasteiger partial charge in [0.05, 0.1) is 17.2 Å². The Bertz CT molecular complexity index is 606. The summed E-state index contributed by atoms with van der Waals surface area (Å²) in [6.45, 7) is 2.18. The van der Waals surface area contributed by atoms with Crippen LogP contribution >= 0.6 is 0 Å². The minimum Gasteiger partial charge on any atom is -0.370 e. The molecule has 0 bridgehead atoms. The molecule has 2 fully saturated rings. The lowest BCUT2D eigenvalue weighted by Crippen LogP contribution is -2.43. The molecule has 1 aliphatic heterocycles. The van der Waals surface area contributed by atoms with E-state index in [1.807, 2.05) is 11.0 Å². The van der Waals surface area contributed by atoms with Gasteiger partial charge < -0.3 is 10.2 Å². The molecule has 1 amide bonds. The minimum absolute atomic E-state index is 0.0518. The number of hydrogen-bond acceptors (Lipinski definition) is 3. The first-order valence-electron chi connectivity index (χ1n) is 7.89. The summed E-state index contributed by atoms with van der Waals surface area (Å²) in [6.07, 6.45) is 4.22. The van der Waals surface area contributed by atoms with E-state index in [4.69, 9.17) is 0 Å². The fraction of sp³-hybridized carbons (Fsp3) is 0.529. The third-order valence-electron chi connectivity index (χ3n) is 4.47. The molecule has 116 valence electrons. The first kappa shape index (κ1) is 14.8. The highest BCUT2D eigenvalue weighted by molar-refractivity contribution is 5.79. The lowest BCUT2D eigenvalue weighted by Gasteiger charge is -2.34. The van der Waals surface area contributed by atoms with Crippen LogP contribution in [0.15, 0.2) is 18.2 Å². The van der Waals surface area contributed by atoms with Gasteiger partial charge in [0.15, 0.2) is 0 Å². The molecule has 1 heterocycles. The molecule has 0 radical (unpaired) electrons. The highest BCUT2D eigenvalue weighted by Crippen LogP contribution is 2.29. The highest BCUT2D eigenvalue weighted by atomic mass is 19.1. The van der Waals surface area contributed by atoms with Gasteiger partial charge in [-0.15, -0.1) is 0 Å². The quantitative estimate of drug-likeness (QED) is 0.929. The Balaban J connectivity index is 1.67. The number of nitrogens with one attached hydrogen (secondary N) is 1. The Morgan fingerprint density at radius 1 is 1.41 bits per heavy atom. The third kappa shape index (κ3) is 3.38. The standard InChI is InChI=1S/C17H20FN3O/c18-15-5-6-16(14(8-15)9-19)21-7-1-2-13(11-21)17(22)20-10-12-3-4-12/h5-6,8,12-13H,1-4,7,10-11H2,(H,20,22). The number of carbonyl (C=O) groups excluding carboxylic acids is 1. The molecule has 0 spiro atoms. The van der Waals surface area contributed by atoms with Crippen molar-refractivity contribution in [1.29, 1.82) is 5.26 Å². The van der Waals surface area contributed by atoms with Crippen molar-refractivity contribution in [1.82, 2.24) is 5.32 Å². The lowest BCUT2D eigenvalue weighted by molar-refractivity contribution is -0.125. The largest absolute Gasteiger partial charge is 0.370 e. The van der Waals surface area contributed by atoms with Crippen LogP contribution in [0.1, 0.15) is 31.2 Å². The third-order valence-corrected chi connectivity index (χ3v) is 4.47. The fourth-order valence-electron chi connectivity index (χ4n) is 2.99. The van der Waals surface area contributed by atoms with Gasteiger partial charge in [-0.2, -0.15) is 5.26 Å².